The summed E-state index contributed by atoms with van der Waals surface area (Å²) in [4.78, 5) is 28.2. The first-order chi connectivity index (χ1) is 9.61. The van der Waals surface area contributed by atoms with E-state index in [0.717, 1.165) is 11.3 Å². The molecule has 1 saturated heterocycles. The van der Waals surface area contributed by atoms with Gasteiger partial charge in [-0.15, -0.1) is 11.3 Å². The summed E-state index contributed by atoms with van der Waals surface area (Å²) in [6, 6.07) is 3.93. The molecule has 2 heterocycles. The number of carbonyl (C=O) groups excluding carboxylic acids is 1. The minimum Gasteiger partial charge on any atom is -0.481 e. The zero-order valence-electron chi connectivity index (χ0n) is 11.6. The van der Waals surface area contributed by atoms with Crippen molar-refractivity contribution in [3.8, 4) is 0 Å². The molecule has 0 bridgehead atoms. The number of amides is 2. The Hall–Kier alpha value is -1.56. The maximum Gasteiger partial charge on any atom is 0.320 e. The number of likely N-dealkylation sites (tertiary alicyclic amines) is 1. The van der Waals surface area contributed by atoms with Crippen molar-refractivity contribution in [3.05, 3.63) is 22.4 Å². The van der Waals surface area contributed by atoms with Crippen LogP contribution in [0.2, 0.25) is 0 Å². The molecule has 1 N–H and O–H groups in total. The van der Waals surface area contributed by atoms with E-state index in [1.54, 1.807) is 21.1 Å². The Morgan fingerprint density at radius 1 is 1.55 bits per heavy atom. The third-order valence-electron chi connectivity index (χ3n) is 3.62. The number of rotatable bonds is 4. The number of aliphatic carboxylic acids is 1. The van der Waals surface area contributed by atoms with Crippen LogP contribution < -0.4 is 0 Å². The van der Waals surface area contributed by atoms with E-state index >= 15 is 0 Å². The van der Waals surface area contributed by atoms with Gasteiger partial charge in [0.05, 0.1) is 12.5 Å². The second-order valence-corrected chi connectivity index (χ2v) is 6.03. The molecule has 1 aliphatic rings. The van der Waals surface area contributed by atoms with Crippen molar-refractivity contribution in [2.45, 2.75) is 26.3 Å². The molecule has 0 saturated carbocycles. The van der Waals surface area contributed by atoms with Gasteiger partial charge in [0.15, 0.2) is 0 Å². The summed E-state index contributed by atoms with van der Waals surface area (Å²) in [5.74, 6) is -1.23. The molecule has 0 aromatic carbocycles. The van der Waals surface area contributed by atoms with Gasteiger partial charge in [0.2, 0.25) is 0 Å². The van der Waals surface area contributed by atoms with Gasteiger partial charge < -0.3 is 14.9 Å². The lowest BCUT2D eigenvalue weighted by atomic mass is 9.99. The van der Waals surface area contributed by atoms with Gasteiger partial charge in [0.1, 0.15) is 0 Å². The average Bonchev–Trinajstić information content (AvgIpc) is 2.97. The first-order valence-electron chi connectivity index (χ1n) is 6.90. The minimum atomic E-state index is -0.802. The topological polar surface area (TPSA) is 60.9 Å². The normalized spacial score (nSPS) is 18.9. The lowest BCUT2D eigenvalue weighted by Gasteiger charge is -2.34. The highest BCUT2D eigenvalue weighted by Gasteiger charge is 2.30. The molecule has 0 aliphatic carbocycles. The number of carboxylic acids is 1. The number of thiophene rings is 1. The van der Waals surface area contributed by atoms with Crippen molar-refractivity contribution in [3.63, 3.8) is 0 Å². The second-order valence-electron chi connectivity index (χ2n) is 5.00. The first kappa shape index (κ1) is 14.8. The summed E-state index contributed by atoms with van der Waals surface area (Å²) in [6.07, 6.45) is 1.43. The smallest absolute Gasteiger partial charge is 0.320 e. The predicted octanol–water partition coefficient (Wildman–Crippen LogP) is 2.49. The highest BCUT2D eigenvalue weighted by molar-refractivity contribution is 7.09. The van der Waals surface area contributed by atoms with Crippen LogP contribution in [0.1, 0.15) is 24.6 Å². The molecule has 0 spiro atoms. The predicted molar refractivity (Wildman–Crippen MR) is 77.7 cm³/mol. The first-order valence-corrected chi connectivity index (χ1v) is 7.78. The molecule has 110 valence electrons. The molecule has 2 rings (SSSR count). The van der Waals surface area contributed by atoms with Crippen molar-refractivity contribution in [1.29, 1.82) is 0 Å². The summed E-state index contributed by atoms with van der Waals surface area (Å²) in [5.41, 5.74) is 0. The van der Waals surface area contributed by atoms with Crippen molar-refractivity contribution in [2.24, 2.45) is 5.92 Å². The fourth-order valence-corrected chi connectivity index (χ4v) is 3.18. The van der Waals surface area contributed by atoms with Gasteiger partial charge >= 0.3 is 12.0 Å². The summed E-state index contributed by atoms with van der Waals surface area (Å²) >= 11 is 1.63. The van der Waals surface area contributed by atoms with Crippen LogP contribution in [0.3, 0.4) is 0 Å². The van der Waals surface area contributed by atoms with Crippen LogP contribution in [0.25, 0.3) is 0 Å². The number of hydrogen-bond acceptors (Lipinski definition) is 3. The quantitative estimate of drug-likeness (QED) is 0.928. The molecule has 1 aromatic rings. The van der Waals surface area contributed by atoms with Crippen molar-refractivity contribution in [1.82, 2.24) is 9.80 Å². The summed E-state index contributed by atoms with van der Waals surface area (Å²) < 4.78 is 0. The Morgan fingerprint density at radius 3 is 2.95 bits per heavy atom. The van der Waals surface area contributed by atoms with E-state index < -0.39 is 11.9 Å². The van der Waals surface area contributed by atoms with Crippen molar-refractivity contribution in [2.75, 3.05) is 19.6 Å². The highest BCUT2D eigenvalue weighted by Crippen LogP contribution is 2.19. The third kappa shape index (κ3) is 3.50. The fraction of sp³-hybridized carbons (Fsp3) is 0.571. The van der Waals surface area contributed by atoms with Crippen LogP contribution >= 0.6 is 11.3 Å². The van der Waals surface area contributed by atoms with Gasteiger partial charge in [-0.3, -0.25) is 4.79 Å². The van der Waals surface area contributed by atoms with Gasteiger partial charge in [-0.25, -0.2) is 4.79 Å². The molecular weight excluding hydrogens is 276 g/mol. The Labute approximate surface area is 122 Å². The van der Waals surface area contributed by atoms with E-state index in [2.05, 4.69) is 0 Å². The molecule has 20 heavy (non-hydrogen) atoms. The SMILES string of the molecule is CCN(Cc1cccs1)C(=O)N1CCC[C@@H](C(=O)O)C1. The molecular formula is C14H20N2O3S. The van der Waals surface area contributed by atoms with Crippen LogP contribution in [-0.2, 0) is 11.3 Å². The van der Waals surface area contributed by atoms with E-state index in [4.69, 9.17) is 5.11 Å². The van der Waals surface area contributed by atoms with E-state index in [1.807, 2.05) is 24.4 Å². The second kappa shape index (κ2) is 6.74. The molecule has 0 unspecified atom stereocenters. The van der Waals surface area contributed by atoms with Crippen LogP contribution in [0.15, 0.2) is 17.5 Å². The van der Waals surface area contributed by atoms with Crippen LogP contribution in [0, 0.1) is 5.92 Å². The maximum atomic E-state index is 12.5. The molecule has 0 radical (unpaired) electrons. The Kier molecular flexibility index (Phi) is 5.00. The maximum absolute atomic E-state index is 12.5. The number of carboxylic acid groups (broad SMARTS) is 1. The fourth-order valence-electron chi connectivity index (χ4n) is 2.46. The van der Waals surface area contributed by atoms with Gasteiger partial charge in [-0.1, -0.05) is 6.07 Å². The number of piperidine rings is 1. The lowest BCUT2D eigenvalue weighted by molar-refractivity contribution is -0.143. The summed E-state index contributed by atoms with van der Waals surface area (Å²) in [5, 5.41) is 11.1. The third-order valence-corrected chi connectivity index (χ3v) is 4.48. The largest absolute Gasteiger partial charge is 0.481 e. The molecule has 1 fully saturated rings. The van der Waals surface area contributed by atoms with Crippen LogP contribution in [-0.4, -0.2) is 46.5 Å². The number of carbonyl (C=O) groups is 2. The summed E-state index contributed by atoms with van der Waals surface area (Å²) in [7, 11) is 0. The molecule has 2 amide bonds. The minimum absolute atomic E-state index is 0.0492. The van der Waals surface area contributed by atoms with Gasteiger partial charge in [0, 0.05) is 24.5 Å². The van der Waals surface area contributed by atoms with Crippen LogP contribution in [0.4, 0.5) is 4.79 Å². The van der Waals surface area contributed by atoms with E-state index in [9.17, 15) is 9.59 Å². The van der Waals surface area contributed by atoms with E-state index in [0.29, 0.717) is 32.6 Å². The molecule has 1 aromatic heterocycles. The molecule has 1 aliphatic heterocycles. The van der Waals surface area contributed by atoms with Gasteiger partial charge in [0.25, 0.3) is 0 Å². The van der Waals surface area contributed by atoms with Crippen LogP contribution in [0.5, 0.6) is 0 Å². The lowest BCUT2D eigenvalue weighted by Crippen LogP contribution is -2.48. The Balaban J connectivity index is 1.98. The highest BCUT2D eigenvalue weighted by atomic mass is 32.1. The molecule has 6 heteroatoms. The number of urea groups is 1. The standard InChI is InChI=1S/C14H20N2O3S/c1-2-15(10-12-6-4-8-20-12)14(19)16-7-3-5-11(9-16)13(17)18/h4,6,8,11H,2-3,5,7,9-10H2,1H3,(H,17,18)/t11-/m1/s1. The number of nitrogens with zero attached hydrogens (tertiary/aromatic N) is 2. The van der Waals surface area contributed by atoms with Crippen molar-refractivity contribution < 1.29 is 14.7 Å². The van der Waals surface area contributed by atoms with Gasteiger partial charge in [-0.2, -0.15) is 0 Å². The Bertz CT molecular complexity index is 461. The number of hydrogen-bond donors (Lipinski definition) is 1. The molecule has 1 atom stereocenters. The zero-order valence-corrected chi connectivity index (χ0v) is 12.4. The van der Waals surface area contributed by atoms with E-state index in [-0.39, 0.29) is 6.03 Å². The average molecular weight is 296 g/mol. The molecule has 5 nitrogen and oxygen atoms in total. The van der Waals surface area contributed by atoms with Crippen molar-refractivity contribution >= 4 is 23.3 Å². The zero-order chi connectivity index (χ0) is 14.5. The Morgan fingerprint density at radius 2 is 2.35 bits per heavy atom. The van der Waals surface area contributed by atoms with Gasteiger partial charge in [-0.05, 0) is 31.2 Å². The monoisotopic (exact) mass is 296 g/mol. The summed E-state index contributed by atoms with van der Waals surface area (Å²) in [6.45, 7) is 4.16. The van der Waals surface area contributed by atoms with E-state index in [1.165, 1.54) is 0 Å².